The van der Waals surface area contributed by atoms with Crippen LogP contribution >= 0.6 is 0 Å². The number of sulfone groups is 2. The van der Waals surface area contributed by atoms with Crippen molar-refractivity contribution in [1.82, 2.24) is 20.0 Å². The fourth-order valence-corrected chi connectivity index (χ4v) is 5.15. The standard InChI is InChI=1S/C8H4N6O4S2/c1-3-10-4-5(20(3,17)18)6-8(9-2-19(6,15)16)14-7(4)11-12-13-14/h2H,1H3. The van der Waals surface area contributed by atoms with Gasteiger partial charge in [0.15, 0.2) is 5.82 Å². The molecule has 2 aromatic heterocycles. The zero-order valence-corrected chi connectivity index (χ0v) is 11.3. The van der Waals surface area contributed by atoms with Gasteiger partial charge in [-0.15, -0.1) is 5.10 Å². The van der Waals surface area contributed by atoms with E-state index in [1.165, 1.54) is 6.92 Å². The Morgan fingerprint density at radius 3 is 2.65 bits per heavy atom. The minimum Gasteiger partial charge on any atom is -0.236 e. The quantitative estimate of drug-likeness (QED) is 0.634. The Balaban J connectivity index is 2.38. The molecule has 0 unspecified atom stereocenters. The van der Waals surface area contributed by atoms with E-state index in [-0.39, 0.29) is 22.2 Å². The molecule has 0 atom stereocenters. The lowest BCUT2D eigenvalue weighted by atomic mass is 10.4. The van der Waals surface area contributed by atoms with Gasteiger partial charge in [0.2, 0.25) is 25.3 Å². The average molecular weight is 312 g/mol. The minimum absolute atomic E-state index is 0.0495. The summed E-state index contributed by atoms with van der Waals surface area (Å²) in [5.41, 5.74) is 0.663. The Hall–Kier alpha value is -2.21. The molecule has 2 aromatic rings. The monoisotopic (exact) mass is 312 g/mol. The number of hydrogen-bond acceptors (Lipinski definition) is 9. The molecule has 0 bridgehead atoms. The van der Waals surface area contributed by atoms with Gasteiger partial charge in [-0.2, -0.15) is 4.52 Å². The molecule has 0 amide bonds. The van der Waals surface area contributed by atoms with E-state index in [4.69, 9.17) is 0 Å². The smallest absolute Gasteiger partial charge is 0.223 e. The van der Waals surface area contributed by atoms with Crippen molar-refractivity contribution in [1.29, 1.82) is 0 Å². The first kappa shape index (κ1) is 11.6. The number of pyridine rings is 1. The SMILES string of the molecule is CC1=Nc2c(c3c(n4nnnc24)N=CS3(=O)=O)S1(=O)=O. The molecule has 4 rings (SSSR count). The molecular formula is C8H4N6O4S2. The largest absolute Gasteiger partial charge is 0.236 e. The third kappa shape index (κ3) is 1.11. The van der Waals surface area contributed by atoms with Gasteiger partial charge < -0.3 is 0 Å². The number of fused-ring (bicyclic) bond motifs is 6. The second-order valence-corrected chi connectivity index (χ2v) is 7.87. The second-order valence-electron chi connectivity index (χ2n) is 4.16. The summed E-state index contributed by atoms with van der Waals surface area (Å²) in [6.45, 7) is 1.28. The number of nitrogens with zero attached hydrogens (tertiary/aromatic N) is 6. The topological polar surface area (TPSA) is 136 Å². The van der Waals surface area contributed by atoms with Crippen molar-refractivity contribution >= 4 is 47.4 Å². The predicted octanol–water partition coefficient (Wildman–Crippen LogP) is -0.591. The summed E-state index contributed by atoms with van der Waals surface area (Å²) in [6, 6.07) is 0. The van der Waals surface area contributed by atoms with Gasteiger partial charge in [0, 0.05) is 0 Å². The fraction of sp³-hybridized carbons (Fsp3) is 0.125. The summed E-state index contributed by atoms with van der Waals surface area (Å²) in [5, 5.41) is 10.5. The molecule has 0 saturated heterocycles. The predicted molar refractivity (Wildman–Crippen MR) is 66.1 cm³/mol. The van der Waals surface area contributed by atoms with Crippen molar-refractivity contribution in [2.75, 3.05) is 0 Å². The molecule has 4 heterocycles. The van der Waals surface area contributed by atoms with Crippen molar-refractivity contribution in [3.05, 3.63) is 0 Å². The summed E-state index contributed by atoms with van der Waals surface area (Å²) < 4.78 is 49.7. The van der Waals surface area contributed by atoms with Crippen LogP contribution in [0.25, 0.3) is 5.65 Å². The van der Waals surface area contributed by atoms with E-state index in [9.17, 15) is 16.8 Å². The summed E-state index contributed by atoms with van der Waals surface area (Å²) in [5.74, 6) is -0.128. The van der Waals surface area contributed by atoms with E-state index in [1.807, 2.05) is 0 Å². The van der Waals surface area contributed by atoms with Crippen molar-refractivity contribution in [2.24, 2.45) is 9.98 Å². The van der Waals surface area contributed by atoms with Crippen molar-refractivity contribution < 1.29 is 16.8 Å². The van der Waals surface area contributed by atoms with Crippen molar-refractivity contribution in [3.8, 4) is 0 Å². The van der Waals surface area contributed by atoms with Crippen LogP contribution in [0.4, 0.5) is 11.5 Å². The Morgan fingerprint density at radius 2 is 1.90 bits per heavy atom. The number of hydrogen-bond donors (Lipinski definition) is 0. The molecule has 0 aromatic carbocycles. The Labute approximate surface area is 111 Å². The zero-order valence-electron chi connectivity index (χ0n) is 9.71. The number of rotatable bonds is 0. The Kier molecular flexibility index (Phi) is 1.79. The highest BCUT2D eigenvalue weighted by molar-refractivity contribution is 8.08. The van der Waals surface area contributed by atoms with E-state index in [0.29, 0.717) is 5.55 Å². The first-order valence-corrected chi connectivity index (χ1v) is 8.24. The molecule has 0 N–H and O–H groups in total. The molecule has 0 aliphatic carbocycles. The molecular weight excluding hydrogens is 308 g/mol. The highest BCUT2D eigenvalue weighted by Gasteiger charge is 2.42. The third-order valence-corrected chi connectivity index (χ3v) is 6.30. The van der Waals surface area contributed by atoms with Gasteiger partial charge in [-0.05, 0) is 17.4 Å². The Bertz CT molecular complexity index is 1080. The van der Waals surface area contributed by atoms with Gasteiger partial charge >= 0.3 is 0 Å². The van der Waals surface area contributed by atoms with Crippen LogP contribution in [0.2, 0.25) is 0 Å². The molecule has 0 saturated carbocycles. The lowest BCUT2D eigenvalue weighted by Gasteiger charge is -2.05. The van der Waals surface area contributed by atoms with Crippen LogP contribution < -0.4 is 0 Å². The maximum Gasteiger partial charge on any atom is 0.223 e. The molecule has 0 radical (unpaired) electrons. The van der Waals surface area contributed by atoms with Crippen LogP contribution in [0.5, 0.6) is 0 Å². The Morgan fingerprint density at radius 1 is 1.15 bits per heavy atom. The van der Waals surface area contributed by atoms with Gasteiger partial charge in [-0.25, -0.2) is 26.8 Å². The fourth-order valence-electron chi connectivity index (χ4n) is 2.14. The summed E-state index contributed by atoms with van der Waals surface area (Å²) in [7, 11) is -7.92. The highest BCUT2D eigenvalue weighted by atomic mass is 32.2. The van der Waals surface area contributed by atoms with Gasteiger partial charge in [-0.1, -0.05) is 0 Å². The molecule has 0 fully saturated rings. The normalized spacial score (nSPS) is 20.9. The first-order valence-electron chi connectivity index (χ1n) is 5.21. The third-order valence-electron chi connectivity index (χ3n) is 3.03. The maximum atomic E-state index is 12.3. The van der Waals surface area contributed by atoms with Gasteiger partial charge in [0.25, 0.3) is 0 Å². The first-order chi connectivity index (χ1) is 9.34. The number of tetrazole rings is 1. The lowest BCUT2D eigenvalue weighted by molar-refractivity contribution is 0.596. The van der Waals surface area contributed by atoms with Crippen LogP contribution in [-0.4, -0.2) is 47.5 Å². The van der Waals surface area contributed by atoms with E-state index in [2.05, 4.69) is 25.5 Å². The van der Waals surface area contributed by atoms with Crippen molar-refractivity contribution in [3.63, 3.8) is 0 Å². The van der Waals surface area contributed by atoms with Gasteiger partial charge in [-0.3, -0.25) is 0 Å². The summed E-state index contributed by atoms with van der Waals surface area (Å²) >= 11 is 0. The second kappa shape index (κ2) is 3.09. The molecule has 2 aliphatic heterocycles. The minimum atomic E-state index is -3.97. The molecule has 2 aliphatic rings. The van der Waals surface area contributed by atoms with Gasteiger partial charge in [0.05, 0.1) is 0 Å². The van der Waals surface area contributed by atoms with Gasteiger partial charge in [0.1, 0.15) is 26.1 Å². The zero-order chi connectivity index (χ0) is 14.3. The lowest BCUT2D eigenvalue weighted by Crippen LogP contribution is -2.11. The van der Waals surface area contributed by atoms with Crippen LogP contribution in [0.15, 0.2) is 19.8 Å². The molecule has 10 nitrogen and oxygen atoms in total. The number of aliphatic imine (C=N–C) groups is 2. The molecule has 20 heavy (non-hydrogen) atoms. The van der Waals surface area contributed by atoms with E-state index < -0.39 is 29.5 Å². The summed E-state index contributed by atoms with van der Waals surface area (Å²) in [6.07, 6.45) is 0. The molecule has 102 valence electrons. The van der Waals surface area contributed by atoms with Crippen LogP contribution in [0.3, 0.4) is 0 Å². The van der Waals surface area contributed by atoms with Crippen LogP contribution in [0, 0.1) is 0 Å². The average Bonchev–Trinajstić information content (AvgIpc) is 2.99. The van der Waals surface area contributed by atoms with Crippen molar-refractivity contribution in [2.45, 2.75) is 16.7 Å². The van der Waals surface area contributed by atoms with Crippen LogP contribution in [0.1, 0.15) is 6.92 Å². The van der Waals surface area contributed by atoms with Crippen LogP contribution in [-0.2, 0) is 19.7 Å². The van der Waals surface area contributed by atoms with E-state index in [1.54, 1.807) is 0 Å². The molecule has 0 spiro atoms. The maximum absolute atomic E-state index is 12.3. The highest BCUT2D eigenvalue weighted by Crippen LogP contribution is 2.46. The summed E-state index contributed by atoms with van der Waals surface area (Å²) in [4.78, 5) is 6.78. The van der Waals surface area contributed by atoms with E-state index in [0.717, 1.165) is 4.52 Å². The molecule has 12 heteroatoms. The van der Waals surface area contributed by atoms with E-state index >= 15 is 0 Å². The number of aromatic nitrogens is 4.